The smallest absolute Gasteiger partial charge is 0.340 e. The Balaban J connectivity index is 1.52. The lowest BCUT2D eigenvalue weighted by atomic mass is 10.1. The van der Waals surface area contributed by atoms with Gasteiger partial charge in [-0.2, -0.15) is 0 Å². The number of hydrogen-bond acceptors (Lipinski definition) is 6. The molecular formula is C23H20ClN3O5. The Hall–Kier alpha value is -3.65. The number of fused-ring (bicyclic) bond motifs is 2. The molecule has 1 N–H and O–H groups in total. The van der Waals surface area contributed by atoms with Crippen LogP contribution < -0.4 is 15.0 Å². The van der Waals surface area contributed by atoms with Gasteiger partial charge in [-0.3, -0.25) is 14.6 Å². The molecule has 0 saturated heterocycles. The summed E-state index contributed by atoms with van der Waals surface area (Å²) in [5, 5.41) is 3.73. The van der Waals surface area contributed by atoms with E-state index in [4.69, 9.17) is 21.1 Å². The van der Waals surface area contributed by atoms with E-state index in [2.05, 4.69) is 10.3 Å². The molecule has 32 heavy (non-hydrogen) atoms. The lowest BCUT2D eigenvalue weighted by Gasteiger charge is -2.33. The van der Waals surface area contributed by atoms with Gasteiger partial charge in [0.25, 0.3) is 11.8 Å². The minimum Gasteiger partial charge on any atom is -0.477 e. The number of anilines is 1. The molecule has 4 rings (SSSR count). The van der Waals surface area contributed by atoms with Crippen molar-refractivity contribution in [1.82, 2.24) is 10.3 Å². The second-order valence-corrected chi connectivity index (χ2v) is 7.66. The molecule has 1 atom stereocenters. The van der Waals surface area contributed by atoms with Crippen LogP contribution in [0, 0.1) is 6.92 Å². The fraction of sp³-hybridized carbons (Fsp3) is 0.217. The van der Waals surface area contributed by atoms with Crippen LogP contribution in [0.2, 0.25) is 5.02 Å². The van der Waals surface area contributed by atoms with Crippen molar-refractivity contribution in [1.29, 1.82) is 0 Å². The van der Waals surface area contributed by atoms with E-state index in [1.165, 1.54) is 11.9 Å². The number of aryl methyl sites for hydroxylation is 1. The topological polar surface area (TPSA) is 97.8 Å². The van der Waals surface area contributed by atoms with E-state index in [0.717, 1.165) is 0 Å². The Morgan fingerprint density at radius 1 is 1.22 bits per heavy atom. The molecule has 1 aromatic heterocycles. The largest absolute Gasteiger partial charge is 0.477 e. The van der Waals surface area contributed by atoms with Crippen molar-refractivity contribution >= 4 is 46.0 Å². The number of para-hydroxylation sites is 2. The normalized spacial score (nSPS) is 15.0. The third kappa shape index (κ3) is 4.22. The predicted molar refractivity (Wildman–Crippen MR) is 119 cm³/mol. The predicted octanol–water partition coefficient (Wildman–Crippen LogP) is 2.89. The molecule has 2 amide bonds. The van der Waals surface area contributed by atoms with Crippen LogP contribution in [0.4, 0.5) is 5.69 Å². The van der Waals surface area contributed by atoms with Gasteiger partial charge in [-0.15, -0.1) is 0 Å². The number of carbonyl (C=O) groups excluding carboxylic acids is 3. The maximum atomic E-state index is 12.9. The van der Waals surface area contributed by atoms with Crippen molar-refractivity contribution in [2.75, 3.05) is 25.1 Å². The molecule has 1 aliphatic heterocycles. The van der Waals surface area contributed by atoms with Crippen LogP contribution in [-0.4, -0.2) is 49.1 Å². The third-order valence-corrected chi connectivity index (χ3v) is 5.36. The van der Waals surface area contributed by atoms with E-state index in [1.807, 2.05) is 0 Å². The zero-order valence-electron chi connectivity index (χ0n) is 17.4. The number of nitrogens with zero attached hydrogens (tertiary/aromatic N) is 2. The number of amides is 2. The summed E-state index contributed by atoms with van der Waals surface area (Å²) in [7, 11) is 1.49. The van der Waals surface area contributed by atoms with Crippen LogP contribution in [0.1, 0.15) is 16.1 Å². The summed E-state index contributed by atoms with van der Waals surface area (Å²) in [5.41, 5.74) is 1.93. The molecule has 0 spiro atoms. The number of benzene rings is 2. The molecule has 3 aromatic rings. The average Bonchev–Trinajstić information content (AvgIpc) is 2.80. The molecule has 0 bridgehead atoms. The lowest BCUT2D eigenvalue weighted by molar-refractivity contribution is -0.128. The molecule has 2 aromatic carbocycles. The monoisotopic (exact) mass is 453 g/mol. The Morgan fingerprint density at radius 3 is 2.78 bits per heavy atom. The maximum Gasteiger partial charge on any atom is 0.340 e. The molecule has 1 unspecified atom stereocenters. The lowest BCUT2D eigenvalue weighted by Crippen LogP contribution is -2.51. The minimum absolute atomic E-state index is 0.00211. The zero-order valence-corrected chi connectivity index (χ0v) is 18.2. The molecule has 164 valence electrons. The van der Waals surface area contributed by atoms with Gasteiger partial charge in [0.2, 0.25) is 0 Å². The van der Waals surface area contributed by atoms with E-state index in [9.17, 15) is 14.4 Å². The van der Waals surface area contributed by atoms with Gasteiger partial charge in [-0.25, -0.2) is 4.79 Å². The van der Waals surface area contributed by atoms with Crippen LogP contribution in [0.25, 0.3) is 10.9 Å². The van der Waals surface area contributed by atoms with Gasteiger partial charge < -0.3 is 19.7 Å². The molecule has 0 radical (unpaired) electrons. The van der Waals surface area contributed by atoms with Gasteiger partial charge in [0.1, 0.15) is 5.75 Å². The van der Waals surface area contributed by atoms with Gasteiger partial charge in [0.05, 0.1) is 29.0 Å². The molecule has 8 nitrogen and oxygen atoms in total. The number of nitrogens with one attached hydrogen (secondary N) is 1. The Kier molecular flexibility index (Phi) is 5.96. The number of ether oxygens (including phenoxy) is 2. The van der Waals surface area contributed by atoms with Crippen LogP contribution in [0.15, 0.2) is 48.5 Å². The number of carbonyl (C=O) groups is 3. The van der Waals surface area contributed by atoms with Crippen molar-refractivity contribution in [3.63, 3.8) is 0 Å². The van der Waals surface area contributed by atoms with E-state index in [0.29, 0.717) is 33.1 Å². The Bertz CT molecular complexity index is 1230. The highest BCUT2D eigenvalue weighted by molar-refractivity contribution is 6.31. The van der Waals surface area contributed by atoms with Crippen molar-refractivity contribution in [3.8, 4) is 5.75 Å². The van der Waals surface area contributed by atoms with Crippen LogP contribution >= 0.6 is 11.6 Å². The van der Waals surface area contributed by atoms with Crippen molar-refractivity contribution < 1.29 is 23.9 Å². The Labute approximate surface area is 189 Å². The van der Waals surface area contributed by atoms with Crippen molar-refractivity contribution in [3.05, 3.63) is 64.8 Å². The van der Waals surface area contributed by atoms with Crippen molar-refractivity contribution in [2.45, 2.75) is 13.0 Å². The number of pyridine rings is 1. The second-order valence-electron chi connectivity index (χ2n) is 7.23. The van der Waals surface area contributed by atoms with Crippen molar-refractivity contribution in [2.24, 2.45) is 0 Å². The fourth-order valence-electron chi connectivity index (χ4n) is 3.50. The van der Waals surface area contributed by atoms with Gasteiger partial charge >= 0.3 is 5.97 Å². The fourth-order valence-corrected chi connectivity index (χ4v) is 3.68. The van der Waals surface area contributed by atoms with Gasteiger partial charge in [-0.05, 0) is 43.3 Å². The maximum absolute atomic E-state index is 12.9. The summed E-state index contributed by atoms with van der Waals surface area (Å²) in [6, 6.07) is 13.7. The second kappa shape index (κ2) is 8.84. The Morgan fingerprint density at radius 2 is 2.00 bits per heavy atom. The highest BCUT2D eigenvalue weighted by Gasteiger charge is 2.33. The number of hydrogen-bond donors (Lipinski definition) is 1. The van der Waals surface area contributed by atoms with E-state index >= 15 is 0 Å². The van der Waals surface area contributed by atoms with Crippen LogP contribution in [0.3, 0.4) is 0 Å². The number of halogens is 1. The van der Waals surface area contributed by atoms with Gasteiger partial charge in [0, 0.05) is 17.5 Å². The quantitative estimate of drug-likeness (QED) is 0.610. The minimum atomic E-state index is -0.869. The summed E-state index contributed by atoms with van der Waals surface area (Å²) < 4.78 is 11.0. The number of aromatic nitrogens is 1. The number of esters is 1. The first-order valence-electron chi connectivity index (χ1n) is 9.89. The third-order valence-electron chi connectivity index (χ3n) is 5.13. The summed E-state index contributed by atoms with van der Waals surface area (Å²) in [6.45, 7) is 1.20. The molecule has 2 heterocycles. The first-order valence-corrected chi connectivity index (χ1v) is 10.3. The summed E-state index contributed by atoms with van der Waals surface area (Å²) in [5.74, 6) is -1.10. The van der Waals surface area contributed by atoms with E-state index in [1.54, 1.807) is 55.5 Å². The molecule has 1 aliphatic rings. The van der Waals surface area contributed by atoms with Crippen LogP contribution in [0.5, 0.6) is 5.75 Å². The molecule has 0 aliphatic carbocycles. The molecule has 0 saturated carbocycles. The summed E-state index contributed by atoms with van der Waals surface area (Å²) in [6.07, 6.45) is -0.869. The first-order chi connectivity index (χ1) is 15.4. The summed E-state index contributed by atoms with van der Waals surface area (Å²) >= 11 is 6.03. The summed E-state index contributed by atoms with van der Waals surface area (Å²) in [4.78, 5) is 43.5. The standard InChI is InChI=1S/C23H20ClN3O5/c1-13-16(10-14-9-15(24)7-8-17(14)26-13)23(30)31-12-21(28)27-11-20(22(29)25-2)32-19-6-4-3-5-18(19)27/h3-10,20H,11-12H2,1-2H3,(H,25,29). The van der Waals surface area contributed by atoms with E-state index in [-0.39, 0.29) is 18.0 Å². The number of likely N-dealkylation sites (N-methyl/N-ethyl adjacent to an activating group) is 1. The van der Waals surface area contributed by atoms with Crippen LogP contribution in [-0.2, 0) is 14.3 Å². The molecular weight excluding hydrogens is 434 g/mol. The molecule has 0 fully saturated rings. The zero-order chi connectivity index (χ0) is 22.8. The first kappa shape index (κ1) is 21.6. The van der Waals surface area contributed by atoms with Gasteiger partial charge in [-0.1, -0.05) is 23.7 Å². The highest BCUT2D eigenvalue weighted by atomic mass is 35.5. The SMILES string of the molecule is CNC(=O)C1CN(C(=O)COC(=O)c2cc3cc(Cl)ccc3nc2C)c2ccccc2O1. The van der Waals surface area contributed by atoms with E-state index < -0.39 is 24.6 Å². The van der Waals surface area contributed by atoms with Gasteiger partial charge in [0.15, 0.2) is 12.7 Å². The molecule has 9 heteroatoms. The average molecular weight is 454 g/mol. The highest BCUT2D eigenvalue weighted by Crippen LogP contribution is 2.33. The number of rotatable bonds is 4.